The third kappa shape index (κ3) is 4.58. The Hall–Kier alpha value is -1.51. The van der Waals surface area contributed by atoms with Crippen molar-refractivity contribution in [3.8, 4) is 5.75 Å². The van der Waals surface area contributed by atoms with Crippen molar-refractivity contribution in [1.82, 2.24) is 0 Å². The van der Waals surface area contributed by atoms with Crippen LogP contribution in [0.2, 0.25) is 0 Å². The number of hydrogen-bond donors (Lipinski definition) is 1. The van der Waals surface area contributed by atoms with Crippen LogP contribution >= 0.6 is 0 Å². The predicted octanol–water partition coefficient (Wildman–Crippen LogP) is 4.08. The molecule has 1 rings (SSSR count). The molecule has 3 heteroatoms. The maximum absolute atomic E-state index is 11.2. The molecule has 3 nitrogen and oxygen atoms in total. The van der Waals surface area contributed by atoms with E-state index in [4.69, 9.17) is 9.84 Å². The van der Waals surface area contributed by atoms with Crippen LogP contribution in [0.5, 0.6) is 5.75 Å². The Morgan fingerprint density at radius 3 is 2.47 bits per heavy atom. The van der Waals surface area contributed by atoms with Crippen LogP contribution in [0.4, 0.5) is 0 Å². The van der Waals surface area contributed by atoms with E-state index in [1.807, 2.05) is 52.0 Å². The highest BCUT2D eigenvalue weighted by molar-refractivity contribution is 5.71. The van der Waals surface area contributed by atoms with E-state index in [2.05, 4.69) is 0 Å². The van der Waals surface area contributed by atoms with Gasteiger partial charge >= 0.3 is 5.97 Å². The Morgan fingerprint density at radius 1 is 1.37 bits per heavy atom. The molecular formula is C16H24O3. The van der Waals surface area contributed by atoms with Crippen LogP contribution in [0.1, 0.15) is 52.5 Å². The minimum atomic E-state index is -0.756. The van der Waals surface area contributed by atoms with Gasteiger partial charge in [-0.15, -0.1) is 0 Å². The summed E-state index contributed by atoms with van der Waals surface area (Å²) in [6.07, 6.45) is 0.798. The molecule has 1 aromatic rings. The summed E-state index contributed by atoms with van der Waals surface area (Å²) in [5, 5.41) is 9.17. The van der Waals surface area contributed by atoms with E-state index >= 15 is 0 Å². The van der Waals surface area contributed by atoms with Gasteiger partial charge in [0, 0.05) is 0 Å². The fourth-order valence-electron chi connectivity index (χ4n) is 2.21. The molecule has 0 heterocycles. The van der Waals surface area contributed by atoms with Gasteiger partial charge in [-0.3, -0.25) is 4.79 Å². The number of benzene rings is 1. The van der Waals surface area contributed by atoms with Crippen LogP contribution in [0.3, 0.4) is 0 Å². The lowest BCUT2D eigenvalue weighted by atomic mass is 9.85. The number of carboxylic acid groups (broad SMARTS) is 1. The van der Waals surface area contributed by atoms with Gasteiger partial charge in [0.1, 0.15) is 11.4 Å². The van der Waals surface area contributed by atoms with Crippen molar-refractivity contribution in [2.45, 2.75) is 52.6 Å². The molecule has 19 heavy (non-hydrogen) atoms. The molecule has 0 fully saturated rings. The molecule has 0 radical (unpaired) electrons. The van der Waals surface area contributed by atoms with Crippen molar-refractivity contribution >= 4 is 5.97 Å². The maximum atomic E-state index is 11.2. The summed E-state index contributed by atoms with van der Waals surface area (Å²) in [7, 11) is 0. The van der Waals surface area contributed by atoms with Gasteiger partial charge in [-0.2, -0.15) is 0 Å². The van der Waals surface area contributed by atoms with Gasteiger partial charge in [-0.1, -0.05) is 26.0 Å². The van der Waals surface area contributed by atoms with E-state index in [-0.39, 0.29) is 11.5 Å². The van der Waals surface area contributed by atoms with E-state index in [1.165, 1.54) is 0 Å². The summed E-state index contributed by atoms with van der Waals surface area (Å²) in [4.78, 5) is 11.2. The Bertz CT molecular complexity index is 432. The molecule has 0 amide bonds. The molecule has 0 saturated heterocycles. The smallest absolute Gasteiger partial charge is 0.306 e. The summed E-state index contributed by atoms with van der Waals surface area (Å²) in [5.41, 5.74) is 0.776. The molecule has 106 valence electrons. The topological polar surface area (TPSA) is 46.5 Å². The van der Waals surface area contributed by atoms with E-state index < -0.39 is 11.9 Å². The van der Waals surface area contributed by atoms with Crippen molar-refractivity contribution in [3.05, 3.63) is 29.8 Å². The van der Waals surface area contributed by atoms with Crippen molar-refractivity contribution < 1.29 is 14.6 Å². The lowest BCUT2D eigenvalue weighted by Gasteiger charge is -2.24. The van der Waals surface area contributed by atoms with Crippen molar-refractivity contribution in [3.63, 3.8) is 0 Å². The lowest BCUT2D eigenvalue weighted by Crippen LogP contribution is -2.23. The highest BCUT2D eigenvalue weighted by Gasteiger charge is 2.24. The largest absolute Gasteiger partial charge is 0.488 e. The third-order valence-electron chi connectivity index (χ3n) is 3.14. The molecule has 0 unspecified atom stereocenters. The second-order valence-corrected chi connectivity index (χ2v) is 5.93. The standard InChI is InChI=1S/C16H24O3/c1-6-14(11(2)15(17)18)12-8-7-9-13(10-12)19-16(3,4)5/h7-11,14H,6H2,1-5H3,(H,17,18)/t11-,14-/m0/s1. The highest BCUT2D eigenvalue weighted by atomic mass is 16.5. The van der Waals surface area contributed by atoms with Crippen LogP contribution in [0.25, 0.3) is 0 Å². The number of rotatable bonds is 5. The van der Waals surface area contributed by atoms with Crippen LogP contribution in [0, 0.1) is 5.92 Å². The first-order valence-electron chi connectivity index (χ1n) is 6.76. The summed E-state index contributed by atoms with van der Waals surface area (Å²) in [5.74, 6) is -0.342. The normalized spacial score (nSPS) is 14.8. The second kappa shape index (κ2) is 6.09. The van der Waals surface area contributed by atoms with Gasteiger partial charge in [0.2, 0.25) is 0 Å². The van der Waals surface area contributed by atoms with Gasteiger partial charge in [-0.25, -0.2) is 0 Å². The summed E-state index contributed by atoms with van der Waals surface area (Å²) < 4.78 is 5.83. The summed E-state index contributed by atoms with van der Waals surface area (Å²) in [6, 6.07) is 7.77. The molecule has 1 aromatic carbocycles. The Morgan fingerprint density at radius 2 is 2.00 bits per heavy atom. The van der Waals surface area contributed by atoms with E-state index in [1.54, 1.807) is 6.92 Å². The lowest BCUT2D eigenvalue weighted by molar-refractivity contribution is -0.141. The Balaban J connectivity index is 2.99. The number of ether oxygens (including phenoxy) is 1. The van der Waals surface area contributed by atoms with Crippen molar-refractivity contribution in [1.29, 1.82) is 0 Å². The van der Waals surface area contributed by atoms with Gasteiger partial charge < -0.3 is 9.84 Å². The molecule has 0 aromatic heterocycles. The van der Waals surface area contributed by atoms with E-state index in [0.29, 0.717) is 0 Å². The second-order valence-electron chi connectivity index (χ2n) is 5.93. The van der Waals surface area contributed by atoms with Gasteiger partial charge in [0.25, 0.3) is 0 Å². The Labute approximate surface area is 115 Å². The molecule has 0 spiro atoms. The average Bonchev–Trinajstić information content (AvgIpc) is 2.27. The van der Waals surface area contributed by atoms with Crippen LogP contribution in [-0.4, -0.2) is 16.7 Å². The minimum absolute atomic E-state index is 0.0148. The average molecular weight is 264 g/mol. The molecule has 0 aliphatic carbocycles. The fraction of sp³-hybridized carbons (Fsp3) is 0.562. The number of carboxylic acids is 1. The van der Waals surface area contributed by atoms with E-state index in [9.17, 15) is 4.79 Å². The Kier molecular flexibility index (Phi) is 4.98. The molecule has 0 aliphatic rings. The van der Waals surface area contributed by atoms with Crippen LogP contribution < -0.4 is 4.74 Å². The van der Waals surface area contributed by atoms with Gasteiger partial charge in [0.15, 0.2) is 0 Å². The van der Waals surface area contributed by atoms with Crippen molar-refractivity contribution in [2.24, 2.45) is 5.92 Å². The predicted molar refractivity (Wildman–Crippen MR) is 76.7 cm³/mol. The van der Waals surface area contributed by atoms with Crippen LogP contribution in [0.15, 0.2) is 24.3 Å². The minimum Gasteiger partial charge on any atom is -0.488 e. The first-order chi connectivity index (χ1) is 8.74. The van der Waals surface area contributed by atoms with Crippen molar-refractivity contribution in [2.75, 3.05) is 0 Å². The zero-order chi connectivity index (χ0) is 14.6. The van der Waals surface area contributed by atoms with Gasteiger partial charge in [0.05, 0.1) is 5.92 Å². The summed E-state index contributed by atoms with van der Waals surface area (Å²) >= 11 is 0. The molecule has 0 bridgehead atoms. The summed E-state index contributed by atoms with van der Waals surface area (Å²) in [6.45, 7) is 9.76. The number of carbonyl (C=O) groups is 1. The van der Waals surface area contributed by atoms with Crippen LogP contribution in [-0.2, 0) is 4.79 Å². The zero-order valence-electron chi connectivity index (χ0n) is 12.4. The zero-order valence-corrected chi connectivity index (χ0v) is 12.4. The first-order valence-corrected chi connectivity index (χ1v) is 6.76. The molecule has 2 atom stereocenters. The molecule has 0 aliphatic heterocycles. The quantitative estimate of drug-likeness (QED) is 0.871. The van der Waals surface area contributed by atoms with Gasteiger partial charge in [-0.05, 0) is 50.8 Å². The third-order valence-corrected chi connectivity index (χ3v) is 3.14. The molecule has 0 saturated carbocycles. The molecular weight excluding hydrogens is 240 g/mol. The monoisotopic (exact) mass is 264 g/mol. The van der Waals surface area contributed by atoms with E-state index in [0.717, 1.165) is 17.7 Å². The number of hydrogen-bond acceptors (Lipinski definition) is 2. The fourth-order valence-corrected chi connectivity index (χ4v) is 2.21. The maximum Gasteiger partial charge on any atom is 0.306 e. The highest BCUT2D eigenvalue weighted by Crippen LogP contribution is 2.31. The SMILES string of the molecule is CC[C@H](c1cccc(OC(C)(C)C)c1)[C@H](C)C(=O)O. The molecule has 1 N–H and O–H groups in total. The number of aliphatic carboxylic acids is 1. The first kappa shape index (κ1) is 15.5.